The zero-order valence-corrected chi connectivity index (χ0v) is 14.5. The van der Waals surface area contributed by atoms with Crippen molar-refractivity contribution in [2.24, 2.45) is 0 Å². The molecule has 0 unspecified atom stereocenters. The fraction of sp³-hybridized carbons (Fsp3) is 0.294. The molecule has 0 bridgehead atoms. The second-order valence-electron chi connectivity index (χ2n) is 5.59. The topological polar surface area (TPSA) is 40.6 Å². The van der Waals surface area contributed by atoms with E-state index in [4.69, 9.17) is 11.6 Å². The van der Waals surface area contributed by atoms with Gasteiger partial charge in [0.2, 0.25) is 10.0 Å². The Morgan fingerprint density at radius 2 is 1.57 bits per heavy atom. The number of sulfonamides is 1. The molecule has 0 radical (unpaired) electrons. The van der Waals surface area contributed by atoms with E-state index in [2.05, 4.69) is 4.90 Å². The Balaban J connectivity index is 1.78. The zero-order valence-electron chi connectivity index (χ0n) is 12.9. The average molecular weight is 351 g/mol. The van der Waals surface area contributed by atoms with Crippen LogP contribution in [0.5, 0.6) is 0 Å². The largest absolute Gasteiger partial charge is 0.369 e. The maximum atomic E-state index is 12.9. The van der Waals surface area contributed by atoms with Gasteiger partial charge in [-0.25, -0.2) is 8.42 Å². The van der Waals surface area contributed by atoms with Crippen LogP contribution in [0.2, 0.25) is 5.02 Å². The molecular weight excluding hydrogens is 332 g/mol. The molecule has 1 saturated heterocycles. The number of anilines is 1. The first-order valence-corrected chi connectivity index (χ1v) is 9.37. The second-order valence-corrected chi connectivity index (χ2v) is 7.90. The van der Waals surface area contributed by atoms with Crippen LogP contribution < -0.4 is 4.90 Å². The van der Waals surface area contributed by atoms with Crippen molar-refractivity contribution in [1.29, 1.82) is 0 Å². The SMILES string of the molecule is Cc1c(Cl)cccc1S(=O)(=O)N1CCN(c2ccccc2)CC1. The van der Waals surface area contributed by atoms with Gasteiger partial charge in [0.15, 0.2) is 0 Å². The molecule has 0 N–H and O–H groups in total. The highest BCUT2D eigenvalue weighted by atomic mass is 35.5. The van der Waals surface area contributed by atoms with Crippen molar-refractivity contribution in [1.82, 2.24) is 4.31 Å². The molecule has 0 aliphatic carbocycles. The normalized spacial score (nSPS) is 16.5. The molecule has 0 atom stereocenters. The van der Waals surface area contributed by atoms with Crippen LogP contribution >= 0.6 is 11.6 Å². The monoisotopic (exact) mass is 350 g/mol. The highest BCUT2D eigenvalue weighted by Crippen LogP contribution is 2.27. The fourth-order valence-electron chi connectivity index (χ4n) is 2.83. The Morgan fingerprint density at radius 3 is 2.22 bits per heavy atom. The number of halogens is 1. The van der Waals surface area contributed by atoms with Gasteiger partial charge in [0, 0.05) is 36.9 Å². The average Bonchev–Trinajstić information content (AvgIpc) is 2.58. The van der Waals surface area contributed by atoms with Crippen molar-refractivity contribution < 1.29 is 8.42 Å². The van der Waals surface area contributed by atoms with E-state index in [1.165, 1.54) is 0 Å². The van der Waals surface area contributed by atoms with Crippen LogP contribution in [0.3, 0.4) is 0 Å². The summed E-state index contributed by atoms with van der Waals surface area (Å²) < 4.78 is 27.3. The maximum Gasteiger partial charge on any atom is 0.243 e. The molecule has 0 spiro atoms. The number of rotatable bonds is 3. The van der Waals surface area contributed by atoms with Crippen molar-refractivity contribution in [3.63, 3.8) is 0 Å². The number of benzene rings is 2. The molecule has 2 aromatic carbocycles. The molecule has 2 aromatic rings. The lowest BCUT2D eigenvalue weighted by molar-refractivity contribution is 0.384. The molecule has 0 amide bonds. The Labute approximate surface area is 142 Å². The van der Waals surface area contributed by atoms with Crippen molar-refractivity contribution >= 4 is 27.3 Å². The summed E-state index contributed by atoms with van der Waals surface area (Å²) in [4.78, 5) is 2.51. The lowest BCUT2D eigenvalue weighted by Crippen LogP contribution is -2.48. The second kappa shape index (κ2) is 6.51. The minimum Gasteiger partial charge on any atom is -0.369 e. The Bertz CT molecular complexity index is 785. The molecule has 1 fully saturated rings. The first-order valence-electron chi connectivity index (χ1n) is 7.55. The van der Waals surface area contributed by atoms with Gasteiger partial charge in [-0.3, -0.25) is 0 Å². The van der Waals surface area contributed by atoms with Crippen molar-refractivity contribution in [2.75, 3.05) is 31.1 Å². The highest BCUT2D eigenvalue weighted by Gasteiger charge is 2.30. The van der Waals surface area contributed by atoms with E-state index in [9.17, 15) is 8.42 Å². The minimum absolute atomic E-state index is 0.304. The summed E-state index contributed by atoms with van der Waals surface area (Å²) in [6, 6.07) is 15.1. The minimum atomic E-state index is -3.50. The first kappa shape index (κ1) is 16.3. The summed E-state index contributed by atoms with van der Waals surface area (Å²) in [5, 5.41) is 0.481. The Kier molecular flexibility index (Phi) is 4.62. The lowest BCUT2D eigenvalue weighted by Gasteiger charge is -2.35. The van der Waals surface area contributed by atoms with E-state index < -0.39 is 10.0 Å². The zero-order chi connectivity index (χ0) is 16.4. The van der Waals surface area contributed by atoms with E-state index in [-0.39, 0.29) is 0 Å². The van der Waals surface area contributed by atoms with Crippen molar-refractivity contribution in [2.45, 2.75) is 11.8 Å². The number of hydrogen-bond acceptors (Lipinski definition) is 3. The quantitative estimate of drug-likeness (QED) is 0.853. The summed E-state index contributed by atoms with van der Waals surface area (Å²) in [6.45, 7) is 4.06. The number of nitrogens with zero attached hydrogens (tertiary/aromatic N) is 2. The number of para-hydroxylation sites is 1. The molecule has 1 aliphatic rings. The number of hydrogen-bond donors (Lipinski definition) is 0. The van der Waals surface area contributed by atoms with E-state index >= 15 is 0 Å². The Morgan fingerprint density at radius 1 is 0.913 bits per heavy atom. The van der Waals surface area contributed by atoms with Gasteiger partial charge < -0.3 is 4.90 Å². The molecule has 0 aromatic heterocycles. The highest BCUT2D eigenvalue weighted by molar-refractivity contribution is 7.89. The van der Waals surface area contributed by atoms with Gasteiger partial charge in [-0.1, -0.05) is 35.9 Å². The number of piperazine rings is 1. The van der Waals surface area contributed by atoms with Crippen LogP contribution in [0.1, 0.15) is 5.56 Å². The third-order valence-electron chi connectivity index (χ3n) is 4.20. The summed E-state index contributed by atoms with van der Waals surface area (Å²) in [6.07, 6.45) is 0. The molecule has 1 aliphatic heterocycles. The van der Waals surface area contributed by atoms with Crippen LogP contribution in [-0.4, -0.2) is 38.9 Å². The fourth-order valence-corrected chi connectivity index (χ4v) is 4.73. The molecule has 6 heteroatoms. The predicted octanol–water partition coefficient (Wildman–Crippen LogP) is 3.16. The van der Waals surface area contributed by atoms with E-state index in [1.54, 1.807) is 29.4 Å². The van der Waals surface area contributed by atoms with Gasteiger partial charge in [-0.15, -0.1) is 0 Å². The van der Waals surface area contributed by atoms with Crippen LogP contribution in [0.15, 0.2) is 53.4 Å². The molecule has 1 heterocycles. The molecule has 0 saturated carbocycles. The predicted molar refractivity (Wildman–Crippen MR) is 93.6 cm³/mol. The van der Waals surface area contributed by atoms with Gasteiger partial charge in [0.05, 0.1) is 4.90 Å². The van der Waals surface area contributed by atoms with E-state index in [0.717, 1.165) is 5.69 Å². The lowest BCUT2D eigenvalue weighted by atomic mass is 10.2. The van der Waals surface area contributed by atoms with Crippen LogP contribution in [0, 0.1) is 6.92 Å². The molecule has 4 nitrogen and oxygen atoms in total. The van der Waals surface area contributed by atoms with Gasteiger partial charge in [0.1, 0.15) is 0 Å². The van der Waals surface area contributed by atoms with Crippen LogP contribution in [0.25, 0.3) is 0 Å². The summed E-state index contributed by atoms with van der Waals surface area (Å²) in [5.74, 6) is 0. The molecule has 23 heavy (non-hydrogen) atoms. The molecule has 3 rings (SSSR count). The third kappa shape index (κ3) is 3.22. The summed E-state index contributed by atoms with van der Waals surface area (Å²) >= 11 is 6.07. The van der Waals surface area contributed by atoms with Gasteiger partial charge in [-0.2, -0.15) is 4.31 Å². The van der Waals surface area contributed by atoms with E-state index in [1.807, 2.05) is 30.3 Å². The molecular formula is C17H19ClN2O2S. The van der Waals surface area contributed by atoms with Crippen LogP contribution in [0.4, 0.5) is 5.69 Å². The standard InChI is InChI=1S/C17H19ClN2O2S/c1-14-16(18)8-5-9-17(14)23(21,22)20-12-10-19(11-13-20)15-6-3-2-4-7-15/h2-9H,10-13H2,1H3. The first-order chi connectivity index (χ1) is 11.0. The maximum absolute atomic E-state index is 12.9. The van der Waals surface area contributed by atoms with Crippen molar-refractivity contribution in [3.8, 4) is 0 Å². The molecule has 122 valence electrons. The van der Waals surface area contributed by atoms with Crippen LogP contribution in [-0.2, 0) is 10.0 Å². The smallest absolute Gasteiger partial charge is 0.243 e. The summed E-state index contributed by atoms with van der Waals surface area (Å²) in [5.41, 5.74) is 1.74. The Hall–Kier alpha value is -1.56. The van der Waals surface area contributed by atoms with E-state index in [0.29, 0.717) is 41.7 Å². The van der Waals surface area contributed by atoms with Gasteiger partial charge in [-0.05, 0) is 36.8 Å². The van der Waals surface area contributed by atoms with Gasteiger partial charge >= 0.3 is 0 Å². The third-order valence-corrected chi connectivity index (χ3v) is 6.65. The van der Waals surface area contributed by atoms with Crippen molar-refractivity contribution in [3.05, 3.63) is 59.1 Å². The van der Waals surface area contributed by atoms with Gasteiger partial charge in [0.25, 0.3) is 0 Å². The summed E-state index contributed by atoms with van der Waals surface area (Å²) in [7, 11) is -3.50.